The van der Waals surface area contributed by atoms with E-state index in [1.54, 1.807) is 18.0 Å². The van der Waals surface area contributed by atoms with E-state index in [0.717, 1.165) is 27.1 Å². The lowest BCUT2D eigenvalue weighted by Crippen LogP contribution is -2.47. The van der Waals surface area contributed by atoms with Gasteiger partial charge in [-0.15, -0.1) is 11.8 Å². The minimum Gasteiger partial charge on any atom is -0.492 e. The highest BCUT2D eigenvalue weighted by atomic mass is 32.2. The standard InChI is InChI=1S/C24H28N2O3S/c1-30-22-9-5-4-8-21(22)29-15-10-23(27)26-13-11-24(28,12-14-26)19-16-18-6-2-3-7-20(18)25-17-19/h2-9,16-17,23,27-28H,10-15H2,1H3. The number of hydrogen-bond acceptors (Lipinski definition) is 6. The summed E-state index contributed by atoms with van der Waals surface area (Å²) in [5.41, 5.74) is 0.884. The molecule has 0 aliphatic carbocycles. The average Bonchev–Trinajstić information content (AvgIpc) is 2.79. The molecule has 4 rings (SSSR count). The number of para-hydroxylation sites is 2. The number of fused-ring (bicyclic) bond motifs is 1. The summed E-state index contributed by atoms with van der Waals surface area (Å²) >= 11 is 1.65. The van der Waals surface area contributed by atoms with Crippen molar-refractivity contribution in [3.8, 4) is 5.75 Å². The van der Waals surface area contributed by atoms with Crippen LogP contribution in [-0.4, -0.2) is 52.3 Å². The number of nitrogens with zero attached hydrogens (tertiary/aromatic N) is 2. The number of benzene rings is 2. The number of hydrogen-bond donors (Lipinski definition) is 2. The van der Waals surface area contributed by atoms with Gasteiger partial charge in [0.1, 0.15) is 12.0 Å². The van der Waals surface area contributed by atoms with Crippen LogP contribution in [0.5, 0.6) is 5.75 Å². The Morgan fingerprint density at radius 1 is 1.13 bits per heavy atom. The third-order valence-electron chi connectivity index (χ3n) is 5.88. The van der Waals surface area contributed by atoms with Crippen molar-refractivity contribution < 1.29 is 14.9 Å². The summed E-state index contributed by atoms with van der Waals surface area (Å²) in [6.45, 7) is 1.71. The summed E-state index contributed by atoms with van der Waals surface area (Å²) in [7, 11) is 0. The van der Waals surface area contributed by atoms with Crippen LogP contribution < -0.4 is 4.74 Å². The maximum Gasteiger partial charge on any atom is 0.132 e. The van der Waals surface area contributed by atoms with Crippen molar-refractivity contribution in [3.63, 3.8) is 0 Å². The summed E-state index contributed by atoms with van der Waals surface area (Å²) in [5, 5.41) is 22.9. The highest BCUT2D eigenvalue weighted by Crippen LogP contribution is 2.34. The zero-order chi connectivity index (χ0) is 21.0. The quantitative estimate of drug-likeness (QED) is 0.559. The second-order valence-electron chi connectivity index (χ2n) is 7.75. The fourth-order valence-electron chi connectivity index (χ4n) is 4.00. The maximum atomic E-state index is 11.2. The SMILES string of the molecule is CSc1ccccc1OCCC(O)N1CCC(O)(c2cnc3ccccc3c2)CC1. The minimum absolute atomic E-state index is 0.452. The molecule has 0 amide bonds. The molecular weight excluding hydrogens is 396 g/mol. The summed E-state index contributed by atoms with van der Waals surface area (Å²) in [5.74, 6) is 0.856. The maximum absolute atomic E-state index is 11.2. The van der Waals surface area contributed by atoms with Crippen LogP contribution in [0.25, 0.3) is 10.9 Å². The Labute approximate surface area is 181 Å². The number of ether oxygens (including phenoxy) is 1. The lowest BCUT2D eigenvalue weighted by atomic mass is 9.84. The smallest absolute Gasteiger partial charge is 0.132 e. The molecule has 30 heavy (non-hydrogen) atoms. The monoisotopic (exact) mass is 424 g/mol. The molecule has 1 unspecified atom stereocenters. The molecule has 2 aromatic carbocycles. The van der Waals surface area contributed by atoms with Gasteiger partial charge in [-0.1, -0.05) is 30.3 Å². The zero-order valence-electron chi connectivity index (χ0n) is 17.2. The number of likely N-dealkylation sites (tertiary alicyclic amines) is 1. The van der Waals surface area contributed by atoms with Crippen LogP contribution in [0.1, 0.15) is 24.8 Å². The molecule has 0 bridgehead atoms. The normalized spacial score (nSPS) is 17.7. The van der Waals surface area contributed by atoms with Crippen molar-refractivity contribution in [2.24, 2.45) is 0 Å². The van der Waals surface area contributed by atoms with Crippen LogP contribution in [0.2, 0.25) is 0 Å². The molecule has 158 valence electrons. The third-order valence-corrected chi connectivity index (χ3v) is 6.65. The zero-order valence-corrected chi connectivity index (χ0v) is 18.0. The highest BCUT2D eigenvalue weighted by Gasteiger charge is 2.36. The van der Waals surface area contributed by atoms with E-state index >= 15 is 0 Å². The van der Waals surface area contributed by atoms with Gasteiger partial charge in [0.2, 0.25) is 0 Å². The lowest BCUT2D eigenvalue weighted by molar-refractivity contribution is -0.0820. The fourth-order valence-corrected chi connectivity index (χ4v) is 4.54. The minimum atomic E-state index is -0.902. The Morgan fingerprint density at radius 3 is 2.67 bits per heavy atom. The Kier molecular flexibility index (Phi) is 6.58. The van der Waals surface area contributed by atoms with E-state index in [1.165, 1.54) is 0 Å². The molecule has 2 N–H and O–H groups in total. The van der Waals surface area contributed by atoms with Crippen molar-refractivity contribution in [1.82, 2.24) is 9.88 Å². The van der Waals surface area contributed by atoms with Gasteiger partial charge < -0.3 is 14.9 Å². The van der Waals surface area contributed by atoms with Crippen LogP contribution in [0, 0.1) is 0 Å². The first kappa shape index (κ1) is 21.1. The average molecular weight is 425 g/mol. The van der Waals surface area contributed by atoms with Crippen LogP contribution in [0.4, 0.5) is 0 Å². The van der Waals surface area contributed by atoms with Gasteiger partial charge in [0.25, 0.3) is 0 Å². The first-order valence-electron chi connectivity index (χ1n) is 10.3. The third kappa shape index (κ3) is 4.62. The molecule has 1 saturated heterocycles. The Balaban J connectivity index is 1.31. The molecule has 1 fully saturated rings. The molecule has 0 spiro atoms. The molecule has 1 aromatic heterocycles. The number of piperidine rings is 1. The Morgan fingerprint density at radius 2 is 1.87 bits per heavy atom. The van der Waals surface area contributed by atoms with Gasteiger partial charge >= 0.3 is 0 Å². The van der Waals surface area contributed by atoms with E-state index in [0.29, 0.717) is 39.0 Å². The van der Waals surface area contributed by atoms with E-state index in [2.05, 4.69) is 4.98 Å². The largest absolute Gasteiger partial charge is 0.492 e. The summed E-state index contributed by atoms with van der Waals surface area (Å²) in [4.78, 5) is 7.61. The van der Waals surface area contributed by atoms with E-state index < -0.39 is 11.8 Å². The molecule has 1 atom stereocenters. The van der Waals surface area contributed by atoms with Crippen LogP contribution in [-0.2, 0) is 5.60 Å². The number of aromatic nitrogens is 1. The number of thioether (sulfide) groups is 1. The molecule has 0 radical (unpaired) electrons. The number of aliphatic hydroxyl groups is 2. The Bertz CT molecular complexity index is 989. The fraction of sp³-hybridized carbons (Fsp3) is 0.375. The first-order valence-corrected chi connectivity index (χ1v) is 11.6. The predicted molar refractivity (Wildman–Crippen MR) is 121 cm³/mol. The van der Waals surface area contributed by atoms with Crippen molar-refractivity contribution in [2.75, 3.05) is 26.0 Å². The van der Waals surface area contributed by atoms with Gasteiger partial charge in [-0.25, -0.2) is 0 Å². The van der Waals surface area contributed by atoms with Gasteiger partial charge in [-0.2, -0.15) is 0 Å². The van der Waals surface area contributed by atoms with E-state index in [4.69, 9.17) is 4.74 Å². The molecule has 1 aliphatic rings. The van der Waals surface area contributed by atoms with E-state index in [9.17, 15) is 10.2 Å². The van der Waals surface area contributed by atoms with Crippen LogP contribution in [0.3, 0.4) is 0 Å². The van der Waals surface area contributed by atoms with Crippen LogP contribution in [0.15, 0.2) is 65.7 Å². The highest BCUT2D eigenvalue weighted by molar-refractivity contribution is 7.98. The number of pyridine rings is 1. The molecule has 6 heteroatoms. The van der Waals surface area contributed by atoms with Gasteiger partial charge in [0.05, 0.1) is 17.7 Å². The molecule has 0 saturated carbocycles. The van der Waals surface area contributed by atoms with Crippen molar-refractivity contribution >= 4 is 22.7 Å². The van der Waals surface area contributed by atoms with Gasteiger partial charge in [0.15, 0.2) is 0 Å². The lowest BCUT2D eigenvalue weighted by Gasteiger charge is -2.40. The van der Waals surface area contributed by atoms with Gasteiger partial charge in [0, 0.05) is 41.6 Å². The molecular formula is C24H28N2O3S. The summed E-state index contributed by atoms with van der Waals surface area (Å²) in [6.07, 6.45) is 4.90. The van der Waals surface area contributed by atoms with Crippen molar-refractivity contribution in [3.05, 3.63) is 66.4 Å². The molecule has 1 aliphatic heterocycles. The van der Waals surface area contributed by atoms with E-state index in [-0.39, 0.29) is 0 Å². The van der Waals surface area contributed by atoms with Crippen LogP contribution >= 0.6 is 11.8 Å². The number of aliphatic hydroxyl groups excluding tert-OH is 1. The Hall–Kier alpha value is -2.12. The number of rotatable bonds is 7. The second-order valence-corrected chi connectivity index (χ2v) is 8.60. The second kappa shape index (κ2) is 9.35. The summed E-state index contributed by atoms with van der Waals surface area (Å²) in [6, 6.07) is 17.9. The van der Waals surface area contributed by atoms with Crippen molar-refractivity contribution in [1.29, 1.82) is 0 Å². The van der Waals surface area contributed by atoms with Crippen molar-refractivity contribution in [2.45, 2.75) is 36.0 Å². The van der Waals surface area contributed by atoms with Gasteiger partial charge in [-0.3, -0.25) is 9.88 Å². The topological polar surface area (TPSA) is 65.8 Å². The van der Waals surface area contributed by atoms with E-state index in [1.807, 2.05) is 65.8 Å². The van der Waals surface area contributed by atoms with Gasteiger partial charge in [-0.05, 0) is 43.4 Å². The predicted octanol–water partition coefficient (Wildman–Crippen LogP) is 4.03. The molecule has 5 nitrogen and oxygen atoms in total. The molecule has 3 aromatic rings. The first-order chi connectivity index (χ1) is 14.6. The summed E-state index contributed by atoms with van der Waals surface area (Å²) < 4.78 is 5.88. The molecule has 2 heterocycles.